The number of nitrogens with one attached hydrogen (secondary N) is 1. The molecule has 0 aliphatic heterocycles. The van der Waals surface area contributed by atoms with E-state index in [9.17, 15) is 18.0 Å². The zero-order chi connectivity index (χ0) is 14.5. The number of hydrogen-bond donors (Lipinski definition) is 1. The molecule has 0 bridgehead atoms. The molecule has 1 amide bonds. The van der Waals surface area contributed by atoms with Crippen molar-refractivity contribution >= 4 is 21.8 Å². The highest BCUT2D eigenvalue weighted by atomic mass is 79.9. The van der Waals surface area contributed by atoms with E-state index in [1.54, 1.807) is 0 Å². The fourth-order valence-corrected chi connectivity index (χ4v) is 1.76. The third-order valence-electron chi connectivity index (χ3n) is 2.13. The predicted molar refractivity (Wildman–Crippen MR) is 69.3 cm³/mol. The normalized spacial score (nSPS) is 10.6. The summed E-state index contributed by atoms with van der Waals surface area (Å²) in [5.74, 6) is 5.18. The number of halogens is 4. The maximum atomic E-state index is 12.6. The first kappa shape index (κ1) is 15.6. The van der Waals surface area contributed by atoms with Gasteiger partial charge in [0, 0.05) is 29.9 Å². The number of benzene rings is 1. The minimum Gasteiger partial charge on any atom is -0.355 e. The number of carbonyl (C=O) groups excluding carboxylic acids is 1. The van der Waals surface area contributed by atoms with Crippen molar-refractivity contribution < 1.29 is 18.0 Å². The molecule has 0 fully saturated rings. The van der Waals surface area contributed by atoms with Crippen LogP contribution in [0.2, 0.25) is 0 Å². The molecule has 6 heteroatoms. The van der Waals surface area contributed by atoms with Crippen molar-refractivity contribution in [3.05, 3.63) is 33.8 Å². The van der Waals surface area contributed by atoms with Crippen molar-refractivity contribution in [2.45, 2.75) is 19.5 Å². The summed E-state index contributed by atoms with van der Waals surface area (Å²) in [7, 11) is 0. The molecule has 0 unspecified atom stereocenters. The van der Waals surface area contributed by atoms with Gasteiger partial charge in [0.1, 0.15) is 0 Å². The van der Waals surface area contributed by atoms with Crippen LogP contribution in [0, 0.1) is 11.8 Å². The minimum atomic E-state index is -4.41. The van der Waals surface area contributed by atoms with Crippen LogP contribution in [-0.2, 0) is 11.0 Å². The average molecular weight is 334 g/mol. The highest BCUT2D eigenvalue weighted by molar-refractivity contribution is 9.10. The van der Waals surface area contributed by atoms with Crippen LogP contribution < -0.4 is 5.32 Å². The van der Waals surface area contributed by atoms with Gasteiger partial charge in [-0.15, -0.1) is 0 Å². The summed E-state index contributed by atoms with van der Waals surface area (Å²) in [5.41, 5.74) is -0.459. The molecule has 0 aliphatic rings. The molecule has 2 nitrogen and oxygen atoms in total. The van der Waals surface area contributed by atoms with Gasteiger partial charge in [0.05, 0.1) is 5.56 Å². The van der Waals surface area contributed by atoms with Gasteiger partial charge in [-0.25, -0.2) is 0 Å². The van der Waals surface area contributed by atoms with Gasteiger partial charge in [-0.2, -0.15) is 13.2 Å². The molecular weight excluding hydrogens is 323 g/mol. The van der Waals surface area contributed by atoms with E-state index in [2.05, 4.69) is 33.1 Å². The van der Waals surface area contributed by atoms with Gasteiger partial charge in [-0.1, -0.05) is 27.8 Å². The van der Waals surface area contributed by atoms with Crippen LogP contribution in [0.4, 0.5) is 13.2 Å². The van der Waals surface area contributed by atoms with E-state index in [0.717, 1.165) is 6.07 Å². The van der Waals surface area contributed by atoms with E-state index in [0.29, 0.717) is 18.5 Å². The lowest BCUT2D eigenvalue weighted by molar-refractivity contribution is -0.138. The lowest BCUT2D eigenvalue weighted by Crippen LogP contribution is -2.20. The summed E-state index contributed by atoms with van der Waals surface area (Å²) < 4.78 is 37.9. The van der Waals surface area contributed by atoms with Crippen molar-refractivity contribution in [2.75, 3.05) is 6.54 Å². The number of hydrogen-bond acceptors (Lipinski definition) is 1. The van der Waals surface area contributed by atoms with Crippen LogP contribution in [0.3, 0.4) is 0 Å². The molecule has 0 spiro atoms. The average Bonchev–Trinajstić information content (AvgIpc) is 2.28. The number of alkyl halides is 3. The van der Waals surface area contributed by atoms with E-state index in [1.807, 2.05) is 0 Å². The molecule has 0 radical (unpaired) electrons. The van der Waals surface area contributed by atoms with Crippen molar-refractivity contribution in [1.29, 1.82) is 0 Å². The smallest absolute Gasteiger partial charge is 0.355 e. The molecule has 0 atom stereocenters. The van der Waals surface area contributed by atoms with Gasteiger partial charge < -0.3 is 5.32 Å². The Kier molecular flexibility index (Phi) is 5.43. The van der Waals surface area contributed by atoms with Crippen LogP contribution in [0.5, 0.6) is 0 Å². The highest BCUT2D eigenvalue weighted by Crippen LogP contribution is 2.35. The van der Waals surface area contributed by atoms with Gasteiger partial charge in [0.25, 0.3) is 0 Å². The van der Waals surface area contributed by atoms with Crippen LogP contribution in [0.1, 0.15) is 24.5 Å². The first-order valence-corrected chi connectivity index (χ1v) is 6.20. The SMILES string of the molecule is CC(=O)NCCC#Cc1ccc(Br)c(C(F)(F)F)c1. The fraction of sp³-hybridized carbons (Fsp3) is 0.308. The number of carbonyl (C=O) groups is 1. The Bertz CT molecular complexity index is 529. The van der Waals surface area contributed by atoms with Crippen LogP contribution in [0.15, 0.2) is 22.7 Å². The van der Waals surface area contributed by atoms with E-state index in [1.165, 1.54) is 19.1 Å². The quantitative estimate of drug-likeness (QED) is 0.652. The van der Waals surface area contributed by atoms with Gasteiger partial charge in [-0.05, 0) is 18.2 Å². The molecule has 1 aromatic carbocycles. The van der Waals surface area contributed by atoms with Crippen LogP contribution in [-0.4, -0.2) is 12.5 Å². The summed E-state index contributed by atoms with van der Waals surface area (Å²) in [6, 6.07) is 3.82. The Morgan fingerprint density at radius 2 is 2.11 bits per heavy atom. The van der Waals surface area contributed by atoms with Crippen molar-refractivity contribution in [2.24, 2.45) is 0 Å². The second-order valence-corrected chi connectivity index (χ2v) is 4.58. The Labute approximate surface area is 117 Å². The molecule has 1 aromatic rings. The Balaban J connectivity index is 2.75. The molecule has 19 heavy (non-hydrogen) atoms. The summed E-state index contributed by atoms with van der Waals surface area (Å²) >= 11 is 2.86. The minimum absolute atomic E-state index is 0.0104. The van der Waals surface area contributed by atoms with Gasteiger partial charge in [-0.3, -0.25) is 4.79 Å². The molecule has 0 aromatic heterocycles. The highest BCUT2D eigenvalue weighted by Gasteiger charge is 2.32. The molecule has 0 saturated carbocycles. The monoisotopic (exact) mass is 333 g/mol. The Morgan fingerprint density at radius 1 is 1.42 bits per heavy atom. The maximum Gasteiger partial charge on any atom is 0.417 e. The van der Waals surface area contributed by atoms with Gasteiger partial charge in [0.15, 0.2) is 0 Å². The van der Waals surface area contributed by atoms with Crippen molar-refractivity contribution in [3.63, 3.8) is 0 Å². The molecular formula is C13H11BrF3NO. The second kappa shape index (κ2) is 6.62. The van der Waals surface area contributed by atoms with Gasteiger partial charge in [0.2, 0.25) is 5.91 Å². The zero-order valence-electron chi connectivity index (χ0n) is 10.1. The summed E-state index contributed by atoms with van der Waals surface area (Å²) in [6.07, 6.45) is -4.02. The third-order valence-corrected chi connectivity index (χ3v) is 2.82. The van der Waals surface area contributed by atoms with Crippen molar-refractivity contribution in [1.82, 2.24) is 5.32 Å². The second-order valence-electron chi connectivity index (χ2n) is 3.73. The number of rotatable bonds is 2. The standard InChI is InChI=1S/C13H11BrF3NO/c1-9(19)18-7-3-2-4-10-5-6-12(14)11(8-10)13(15,16)17/h5-6,8H,3,7H2,1H3,(H,18,19). The Hall–Kier alpha value is -1.48. The third kappa shape index (κ3) is 5.35. The first-order chi connectivity index (χ1) is 8.80. The summed E-state index contributed by atoms with van der Waals surface area (Å²) in [4.78, 5) is 10.6. The number of amides is 1. The summed E-state index contributed by atoms with van der Waals surface area (Å²) in [6.45, 7) is 1.77. The van der Waals surface area contributed by atoms with E-state index in [4.69, 9.17) is 0 Å². The van der Waals surface area contributed by atoms with Crippen molar-refractivity contribution in [3.8, 4) is 11.8 Å². The zero-order valence-corrected chi connectivity index (χ0v) is 11.7. The fourth-order valence-electron chi connectivity index (χ4n) is 1.29. The molecule has 0 heterocycles. The molecule has 0 saturated heterocycles. The van der Waals surface area contributed by atoms with E-state index in [-0.39, 0.29) is 10.4 Å². The van der Waals surface area contributed by atoms with Crippen LogP contribution >= 0.6 is 15.9 Å². The summed E-state index contributed by atoms with van der Waals surface area (Å²) in [5, 5.41) is 2.55. The van der Waals surface area contributed by atoms with E-state index < -0.39 is 11.7 Å². The lowest BCUT2D eigenvalue weighted by Gasteiger charge is -2.08. The molecule has 1 N–H and O–H groups in total. The lowest BCUT2D eigenvalue weighted by atomic mass is 10.1. The largest absolute Gasteiger partial charge is 0.417 e. The maximum absolute atomic E-state index is 12.6. The first-order valence-electron chi connectivity index (χ1n) is 5.41. The van der Waals surface area contributed by atoms with Gasteiger partial charge >= 0.3 is 6.18 Å². The molecule has 102 valence electrons. The van der Waals surface area contributed by atoms with E-state index >= 15 is 0 Å². The van der Waals surface area contributed by atoms with Crippen LogP contribution in [0.25, 0.3) is 0 Å². The topological polar surface area (TPSA) is 29.1 Å². The Morgan fingerprint density at radius 3 is 2.68 bits per heavy atom. The molecule has 0 aliphatic carbocycles. The predicted octanol–water partition coefficient (Wildman–Crippen LogP) is 3.35. The molecule has 1 rings (SSSR count).